The Bertz CT molecular complexity index is 1120. The molecule has 0 unspecified atom stereocenters. The molecule has 2 aromatic carbocycles. The van der Waals surface area contributed by atoms with Gasteiger partial charge >= 0.3 is 0 Å². The largest absolute Gasteiger partial charge is 0.368 e. The molecule has 0 bridgehead atoms. The predicted octanol–water partition coefficient (Wildman–Crippen LogP) is 2.78. The third-order valence-corrected chi connectivity index (χ3v) is 5.91. The summed E-state index contributed by atoms with van der Waals surface area (Å²) < 4.78 is 1.69. The van der Waals surface area contributed by atoms with E-state index in [1.54, 1.807) is 9.58 Å². The van der Waals surface area contributed by atoms with Gasteiger partial charge in [0.25, 0.3) is 5.91 Å². The zero-order chi connectivity index (χ0) is 23.4. The lowest BCUT2D eigenvalue weighted by molar-refractivity contribution is -0.130. The molecule has 4 rings (SSSR count). The summed E-state index contributed by atoms with van der Waals surface area (Å²) in [5.41, 5.74) is 3.19. The van der Waals surface area contributed by atoms with Crippen LogP contribution in [0.1, 0.15) is 41.8 Å². The summed E-state index contributed by atoms with van der Waals surface area (Å²) in [6.45, 7) is 8.77. The Morgan fingerprint density at radius 3 is 2.33 bits per heavy atom. The zero-order valence-corrected chi connectivity index (χ0v) is 19.4. The van der Waals surface area contributed by atoms with Crippen LogP contribution in [0.2, 0.25) is 0 Å². The molecule has 0 spiro atoms. The maximum absolute atomic E-state index is 12.7. The Hall–Kier alpha value is -3.68. The fraction of sp³-hybridized carbons (Fsp3) is 0.360. The maximum Gasteiger partial charge on any atom is 0.291 e. The van der Waals surface area contributed by atoms with E-state index in [2.05, 4.69) is 52.3 Å². The monoisotopic (exact) mass is 446 g/mol. The average molecular weight is 447 g/mol. The number of nitrogens with zero attached hydrogens (tertiary/aromatic N) is 5. The molecule has 1 saturated heterocycles. The van der Waals surface area contributed by atoms with Gasteiger partial charge in [-0.3, -0.25) is 9.59 Å². The van der Waals surface area contributed by atoms with Gasteiger partial charge in [-0.15, -0.1) is 5.10 Å². The molecule has 3 aromatic rings. The summed E-state index contributed by atoms with van der Waals surface area (Å²) in [7, 11) is 0. The molecule has 8 heteroatoms. The minimum absolute atomic E-state index is 0.0627. The molecule has 1 aromatic heterocycles. The van der Waals surface area contributed by atoms with Gasteiger partial charge in [-0.05, 0) is 36.6 Å². The smallest absolute Gasteiger partial charge is 0.291 e. The van der Waals surface area contributed by atoms with Gasteiger partial charge in [0, 0.05) is 31.9 Å². The highest BCUT2D eigenvalue weighted by atomic mass is 16.2. The quantitative estimate of drug-likeness (QED) is 0.630. The van der Waals surface area contributed by atoms with Crippen molar-refractivity contribution >= 4 is 17.5 Å². The highest BCUT2D eigenvalue weighted by Crippen LogP contribution is 2.23. The molecule has 0 radical (unpaired) electrons. The number of carbonyl (C=O) groups excluding carboxylic acids is 2. The molecular formula is C25H30N6O2. The van der Waals surface area contributed by atoms with Gasteiger partial charge in [-0.2, -0.15) is 0 Å². The van der Waals surface area contributed by atoms with Gasteiger partial charge < -0.3 is 15.1 Å². The van der Waals surface area contributed by atoms with Crippen molar-refractivity contribution in [2.75, 3.05) is 37.6 Å². The van der Waals surface area contributed by atoms with E-state index in [0.717, 1.165) is 30.0 Å². The number of anilines is 1. The third-order valence-electron chi connectivity index (χ3n) is 5.91. The molecule has 33 heavy (non-hydrogen) atoms. The van der Waals surface area contributed by atoms with E-state index < -0.39 is 5.91 Å². The van der Waals surface area contributed by atoms with Crippen molar-refractivity contribution in [3.8, 4) is 5.69 Å². The van der Waals surface area contributed by atoms with Crippen LogP contribution in [-0.4, -0.2) is 64.2 Å². The number of benzene rings is 2. The van der Waals surface area contributed by atoms with Crippen LogP contribution in [0.15, 0.2) is 54.6 Å². The van der Waals surface area contributed by atoms with E-state index >= 15 is 0 Å². The first-order valence-electron chi connectivity index (χ1n) is 11.3. The maximum atomic E-state index is 12.7. The zero-order valence-electron chi connectivity index (χ0n) is 19.4. The molecule has 0 atom stereocenters. The Labute approximate surface area is 194 Å². The molecule has 1 N–H and O–H groups in total. The molecule has 8 nitrogen and oxygen atoms in total. The average Bonchev–Trinajstić information content (AvgIpc) is 3.24. The van der Waals surface area contributed by atoms with Crippen molar-refractivity contribution in [1.82, 2.24) is 25.0 Å². The van der Waals surface area contributed by atoms with Crippen LogP contribution in [0, 0.1) is 6.92 Å². The van der Waals surface area contributed by atoms with Crippen molar-refractivity contribution in [2.24, 2.45) is 0 Å². The number of aryl methyl sites for hydroxylation is 1. The molecule has 2 heterocycles. The lowest BCUT2D eigenvalue weighted by Crippen LogP contribution is -2.51. The summed E-state index contributed by atoms with van der Waals surface area (Å²) in [5.74, 6) is 0.443. The first-order valence-corrected chi connectivity index (χ1v) is 11.3. The van der Waals surface area contributed by atoms with Crippen molar-refractivity contribution in [2.45, 2.75) is 26.7 Å². The number of piperazine rings is 1. The van der Waals surface area contributed by atoms with Crippen LogP contribution in [0.25, 0.3) is 5.69 Å². The summed E-state index contributed by atoms with van der Waals surface area (Å²) in [6.07, 6.45) is 0. The van der Waals surface area contributed by atoms with Crippen molar-refractivity contribution in [1.29, 1.82) is 0 Å². The minimum Gasteiger partial charge on any atom is -0.368 e. The molecule has 0 saturated carbocycles. The first kappa shape index (κ1) is 22.5. The highest BCUT2D eigenvalue weighted by Gasteiger charge is 2.23. The fourth-order valence-corrected chi connectivity index (χ4v) is 4.08. The third kappa shape index (κ3) is 5.05. The van der Waals surface area contributed by atoms with Gasteiger partial charge in [-0.1, -0.05) is 50.2 Å². The standard InChI is InChI=1S/C25H30N6O2/c1-18(2)21-11-7-8-12-22(21)31-19(3)27-24(28-31)25(33)26-17-23(32)30-15-13-29(14-16-30)20-9-5-4-6-10-20/h4-12,18H,13-17H2,1-3H3,(H,26,33). The van der Waals surface area contributed by atoms with E-state index in [4.69, 9.17) is 0 Å². The van der Waals surface area contributed by atoms with Gasteiger partial charge in [0.15, 0.2) is 0 Å². The number of rotatable bonds is 6. The normalized spacial score (nSPS) is 13.9. The number of hydrogen-bond acceptors (Lipinski definition) is 5. The summed E-state index contributed by atoms with van der Waals surface area (Å²) >= 11 is 0. The topological polar surface area (TPSA) is 83.4 Å². The van der Waals surface area contributed by atoms with Crippen molar-refractivity contribution in [3.63, 3.8) is 0 Å². The fourth-order valence-electron chi connectivity index (χ4n) is 4.08. The Balaban J connectivity index is 1.34. The molecule has 1 aliphatic heterocycles. The molecular weight excluding hydrogens is 416 g/mol. The van der Waals surface area contributed by atoms with Crippen LogP contribution >= 0.6 is 0 Å². The SMILES string of the molecule is Cc1nc(C(=O)NCC(=O)N2CCN(c3ccccc3)CC2)nn1-c1ccccc1C(C)C. The van der Waals surface area contributed by atoms with Gasteiger partial charge in [0.1, 0.15) is 5.82 Å². The molecule has 1 fully saturated rings. The summed E-state index contributed by atoms with van der Waals surface area (Å²) in [4.78, 5) is 33.7. The van der Waals surface area contributed by atoms with Gasteiger partial charge in [-0.25, -0.2) is 9.67 Å². The summed E-state index contributed by atoms with van der Waals surface area (Å²) in [5, 5.41) is 7.11. The second kappa shape index (κ2) is 9.85. The number of aromatic nitrogens is 3. The van der Waals surface area contributed by atoms with Gasteiger partial charge in [0.05, 0.1) is 12.2 Å². The Morgan fingerprint density at radius 2 is 1.64 bits per heavy atom. The molecule has 1 aliphatic rings. The van der Waals surface area contributed by atoms with Crippen LogP contribution < -0.4 is 10.2 Å². The molecule has 0 aliphatic carbocycles. The first-order chi connectivity index (χ1) is 15.9. The van der Waals surface area contributed by atoms with Crippen molar-refractivity contribution < 1.29 is 9.59 Å². The lowest BCUT2D eigenvalue weighted by atomic mass is 10.0. The second-order valence-electron chi connectivity index (χ2n) is 8.49. The Kier molecular flexibility index (Phi) is 6.72. The van der Waals surface area contributed by atoms with E-state index in [1.807, 2.05) is 43.3 Å². The number of hydrogen-bond donors (Lipinski definition) is 1. The summed E-state index contributed by atoms with van der Waals surface area (Å²) in [6, 6.07) is 18.1. The lowest BCUT2D eigenvalue weighted by Gasteiger charge is -2.36. The molecule has 172 valence electrons. The number of amides is 2. The highest BCUT2D eigenvalue weighted by molar-refractivity contribution is 5.93. The van der Waals surface area contributed by atoms with Crippen molar-refractivity contribution in [3.05, 3.63) is 71.8 Å². The van der Waals surface area contributed by atoms with Crippen LogP contribution in [-0.2, 0) is 4.79 Å². The molecule has 2 amide bonds. The number of nitrogens with one attached hydrogen (secondary N) is 1. The number of para-hydroxylation sites is 2. The van der Waals surface area contributed by atoms with E-state index in [0.29, 0.717) is 24.8 Å². The Morgan fingerprint density at radius 1 is 0.970 bits per heavy atom. The van der Waals surface area contributed by atoms with E-state index in [9.17, 15) is 9.59 Å². The van der Waals surface area contributed by atoms with Crippen LogP contribution in [0.5, 0.6) is 0 Å². The van der Waals surface area contributed by atoms with Gasteiger partial charge in [0.2, 0.25) is 11.7 Å². The second-order valence-corrected chi connectivity index (χ2v) is 8.49. The van der Waals surface area contributed by atoms with Crippen LogP contribution in [0.3, 0.4) is 0 Å². The number of carbonyl (C=O) groups is 2. The van der Waals surface area contributed by atoms with E-state index in [-0.39, 0.29) is 18.3 Å². The van der Waals surface area contributed by atoms with E-state index in [1.165, 1.54) is 0 Å². The van der Waals surface area contributed by atoms with Crippen LogP contribution in [0.4, 0.5) is 5.69 Å². The minimum atomic E-state index is -0.449. The predicted molar refractivity (Wildman–Crippen MR) is 128 cm³/mol.